The van der Waals surface area contributed by atoms with Gasteiger partial charge in [-0.25, -0.2) is 22.5 Å². The number of ether oxygens (including phenoxy) is 1. The van der Waals surface area contributed by atoms with Crippen LogP contribution in [0.5, 0.6) is 11.6 Å². The summed E-state index contributed by atoms with van der Waals surface area (Å²) >= 11 is 0. The molecule has 3 rings (SSSR count). The zero-order valence-corrected chi connectivity index (χ0v) is 13.9. The molecule has 0 aliphatic carbocycles. The highest BCUT2D eigenvalue weighted by molar-refractivity contribution is 7.89. The van der Waals surface area contributed by atoms with Gasteiger partial charge in [0.15, 0.2) is 0 Å². The van der Waals surface area contributed by atoms with Gasteiger partial charge in [0.25, 0.3) is 0 Å². The Hall–Kier alpha value is -2.77. The molecule has 0 saturated carbocycles. The van der Waals surface area contributed by atoms with E-state index in [4.69, 9.17) is 4.74 Å². The fraction of sp³-hybridized carbons (Fsp3) is 0.0556. The summed E-state index contributed by atoms with van der Waals surface area (Å²) in [5.41, 5.74) is 0.687. The number of pyridine rings is 1. The summed E-state index contributed by atoms with van der Waals surface area (Å²) in [5.74, 6) is 0.378. The maximum Gasteiger partial charge on any atom is 0.240 e. The predicted octanol–water partition coefficient (Wildman–Crippen LogP) is 3.49. The minimum absolute atomic E-state index is 0.0968. The number of aromatic nitrogens is 1. The lowest BCUT2D eigenvalue weighted by atomic mass is 10.3. The average Bonchev–Trinajstić information content (AvgIpc) is 2.63. The number of nitrogens with one attached hydrogen (secondary N) is 1. The maximum absolute atomic E-state index is 12.9. The van der Waals surface area contributed by atoms with Crippen molar-refractivity contribution in [3.8, 4) is 11.6 Å². The fourth-order valence-corrected chi connectivity index (χ4v) is 3.14. The molecule has 7 heteroatoms. The number of halogens is 1. The van der Waals surface area contributed by atoms with E-state index >= 15 is 0 Å². The molecule has 1 N–H and O–H groups in total. The molecule has 0 fully saturated rings. The van der Waals surface area contributed by atoms with Crippen molar-refractivity contribution in [2.75, 3.05) is 0 Å². The van der Waals surface area contributed by atoms with Crippen LogP contribution in [0.2, 0.25) is 0 Å². The molecule has 25 heavy (non-hydrogen) atoms. The lowest BCUT2D eigenvalue weighted by Gasteiger charge is -2.08. The zero-order valence-electron chi connectivity index (χ0n) is 13.1. The van der Waals surface area contributed by atoms with E-state index in [-0.39, 0.29) is 17.3 Å². The van der Waals surface area contributed by atoms with E-state index in [9.17, 15) is 12.8 Å². The molecule has 0 bridgehead atoms. The first-order valence-electron chi connectivity index (χ1n) is 7.46. The minimum atomic E-state index is -3.59. The molecule has 2 aromatic carbocycles. The third-order valence-electron chi connectivity index (χ3n) is 3.36. The molecule has 0 atom stereocenters. The molecule has 0 aliphatic heterocycles. The Morgan fingerprint density at radius 2 is 1.72 bits per heavy atom. The van der Waals surface area contributed by atoms with E-state index in [2.05, 4.69) is 9.71 Å². The van der Waals surface area contributed by atoms with Gasteiger partial charge in [-0.2, -0.15) is 0 Å². The Labute approximate surface area is 145 Å². The van der Waals surface area contributed by atoms with Crippen LogP contribution in [0.1, 0.15) is 5.56 Å². The van der Waals surface area contributed by atoms with Crippen LogP contribution >= 0.6 is 0 Å². The van der Waals surface area contributed by atoms with Gasteiger partial charge in [0.1, 0.15) is 11.6 Å². The second-order valence-electron chi connectivity index (χ2n) is 5.20. The van der Waals surface area contributed by atoms with Gasteiger partial charge >= 0.3 is 0 Å². The topological polar surface area (TPSA) is 68.3 Å². The van der Waals surface area contributed by atoms with Crippen LogP contribution in [-0.2, 0) is 16.6 Å². The molecule has 0 unspecified atom stereocenters. The first-order chi connectivity index (χ1) is 12.0. The van der Waals surface area contributed by atoms with Crippen LogP contribution in [0.25, 0.3) is 0 Å². The molecular weight excluding hydrogens is 343 g/mol. The van der Waals surface area contributed by atoms with Gasteiger partial charge in [0.2, 0.25) is 15.9 Å². The molecule has 0 spiro atoms. The van der Waals surface area contributed by atoms with Crippen molar-refractivity contribution >= 4 is 10.0 Å². The van der Waals surface area contributed by atoms with Crippen LogP contribution in [0.15, 0.2) is 77.8 Å². The van der Waals surface area contributed by atoms with Crippen LogP contribution in [0.3, 0.4) is 0 Å². The lowest BCUT2D eigenvalue weighted by Crippen LogP contribution is -2.23. The molecule has 0 aliphatic rings. The van der Waals surface area contributed by atoms with Crippen molar-refractivity contribution < 1.29 is 17.5 Å². The molecule has 1 aromatic heterocycles. The van der Waals surface area contributed by atoms with Crippen molar-refractivity contribution in [3.63, 3.8) is 0 Å². The van der Waals surface area contributed by atoms with E-state index < -0.39 is 10.0 Å². The zero-order chi connectivity index (χ0) is 17.7. The highest BCUT2D eigenvalue weighted by atomic mass is 32.2. The van der Waals surface area contributed by atoms with Crippen molar-refractivity contribution in [2.45, 2.75) is 11.4 Å². The summed E-state index contributed by atoms with van der Waals surface area (Å²) in [5, 5.41) is 0. The lowest BCUT2D eigenvalue weighted by molar-refractivity contribution is 0.460. The third kappa shape index (κ3) is 4.62. The van der Waals surface area contributed by atoms with Gasteiger partial charge in [-0.15, -0.1) is 0 Å². The van der Waals surface area contributed by atoms with Crippen molar-refractivity contribution in [1.82, 2.24) is 9.71 Å². The second-order valence-corrected chi connectivity index (χ2v) is 6.96. The molecule has 1 heterocycles. The van der Waals surface area contributed by atoms with Crippen LogP contribution in [0, 0.1) is 5.82 Å². The number of benzene rings is 2. The molecule has 3 aromatic rings. The summed E-state index contributed by atoms with van der Waals surface area (Å²) < 4.78 is 45.4. The Morgan fingerprint density at radius 3 is 2.44 bits per heavy atom. The quantitative estimate of drug-likeness (QED) is 0.732. The Balaban J connectivity index is 1.68. The van der Waals surface area contributed by atoms with Gasteiger partial charge in [0, 0.05) is 18.8 Å². The number of hydrogen-bond acceptors (Lipinski definition) is 4. The summed E-state index contributed by atoms with van der Waals surface area (Å²) in [7, 11) is -3.59. The number of rotatable bonds is 6. The molecule has 0 saturated heterocycles. The first-order valence-corrected chi connectivity index (χ1v) is 8.94. The highest BCUT2D eigenvalue weighted by Gasteiger charge is 2.13. The van der Waals surface area contributed by atoms with E-state index in [0.29, 0.717) is 17.2 Å². The van der Waals surface area contributed by atoms with E-state index in [1.807, 2.05) is 0 Å². The van der Waals surface area contributed by atoms with E-state index in [1.165, 1.54) is 42.6 Å². The van der Waals surface area contributed by atoms with Crippen LogP contribution < -0.4 is 9.46 Å². The Morgan fingerprint density at radius 1 is 1.00 bits per heavy atom. The van der Waals surface area contributed by atoms with Gasteiger partial charge in [-0.1, -0.05) is 18.2 Å². The van der Waals surface area contributed by atoms with Crippen LogP contribution in [0.4, 0.5) is 4.39 Å². The smallest absolute Gasteiger partial charge is 0.240 e. The normalized spacial score (nSPS) is 11.2. The SMILES string of the molecule is O=S(=O)(NCc1ccnc(Oc2ccc(F)cc2)c1)c1ccccc1. The summed E-state index contributed by atoms with van der Waals surface area (Å²) in [4.78, 5) is 4.27. The van der Waals surface area contributed by atoms with Crippen molar-refractivity contribution in [3.05, 3.63) is 84.3 Å². The Kier molecular flexibility index (Phi) is 5.06. The summed E-state index contributed by atoms with van der Waals surface area (Å²) in [6.45, 7) is 0.0968. The highest BCUT2D eigenvalue weighted by Crippen LogP contribution is 2.20. The Bertz CT molecular complexity index is 946. The first kappa shape index (κ1) is 17.1. The number of hydrogen-bond donors (Lipinski definition) is 1. The number of sulfonamides is 1. The molecule has 0 radical (unpaired) electrons. The number of nitrogens with zero attached hydrogens (tertiary/aromatic N) is 1. The van der Waals surface area contributed by atoms with Crippen molar-refractivity contribution in [1.29, 1.82) is 0 Å². The summed E-state index contributed by atoms with van der Waals surface area (Å²) in [6, 6.07) is 17.0. The van der Waals surface area contributed by atoms with Crippen molar-refractivity contribution in [2.24, 2.45) is 0 Å². The van der Waals surface area contributed by atoms with Gasteiger partial charge < -0.3 is 4.74 Å². The monoisotopic (exact) mass is 358 g/mol. The second kappa shape index (κ2) is 7.42. The molecular formula is C18H15FN2O3S. The maximum atomic E-state index is 12.9. The fourth-order valence-electron chi connectivity index (χ4n) is 2.10. The molecule has 5 nitrogen and oxygen atoms in total. The predicted molar refractivity (Wildman–Crippen MR) is 91.2 cm³/mol. The van der Waals surface area contributed by atoms with Gasteiger partial charge in [-0.05, 0) is 48.0 Å². The standard InChI is InChI=1S/C18H15FN2O3S/c19-15-6-8-16(9-7-15)24-18-12-14(10-11-20-18)13-21-25(22,23)17-4-2-1-3-5-17/h1-12,21H,13H2. The van der Waals surface area contributed by atoms with Gasteiger partial charge in [-0.3, -0.25) is 0 Å². The molecule has 0 amide bonds. The van der Waals surface area contributed by atoms with Gasteiger partial charge in [0.05, 0.1) is 4.90 Å². The largest absolute Gasteiger partial charge is 0.439 e. The van der Waals surface area contributed by atoms with Crippen LogP contribution in [-0.4, -0.2) is 13.4 Å². The molecule has 128 valence electrons. The average molecular weight is 358 g/mol. The third-order valence-corrected chi connectivity index (χ3v) is 4.77. The summed E-state index contributed by atoms with van der Waals surface area (Å²) in [6.07, 6.45) is 1.52. The minimum Gasteiger partial charge on any atom is -0.439 e. The van der Waals surface area contributed by atoms with E-state index in [0.717, 1.165) is 0 Å². The van der Waals surface area contributed by atoms with E-state index in [1.54, 1.807) is 30.3 Å².